The summed E-state index contributed by atoms with van der Waals surface area (Å²) in [6, 6.07) is 6.26. The zero-order chi connectivity index (χ0) is 11.1. The number of rotatable bonds is 1. The third-order valence-electron chi connectivity index (χ3n) is 3.94. The van der Waals surface area contributed by atoms with Crippen molar-refractivity contribution in [3.8, 4) is 0 Å². The van der Waals surface area contributed by atoms with Crippen molar-refractivity contribution in [2.75, 3.05) is 13.1 Å². The predicted octanol–water partition coefficient (Wildman–Crippen LogP) is 2.14. The summed E-state index contributed by atoms with van der Waals surface area (Å²) in [5.41, 5.74) is 3.74. The van der Waals surface area contributed by atoms with Crippen molar-refractivity contribution >= 4 is 5.78 Å². The fourth-order valence-corrected chi connectivity index (χ4v) is 3.11. The maximum Gasteiger partial charge on any atom is 0.159 e. The van der Waals surface area contributed by atoms with Gasteiger partial charge in [0.25, 0.3) is 0 Å². The van der Waals surface area contributed by atoms with Crippen LogP contribution in [0.1, 0.15) is 40.7 Å². The van der Waals surface area contributed by atoms with Crippen molar-refractivity contribution in [2.45, 2.75) is 25.7 Å². The Morgan fingerprint density at radius 1 is 1.38 bits per heavy atom. The van der Waals surface area contributed by atoms with Crippen LogP contribution >= 0.6 is 0 Å². The van der Waals surface area contributed by atoms with Crippen LogP contribution in [0.2, 0.25) is 0 Å². The molecule has 2 unspecified atom stereocenters. The molecule has 1 N–H and O–H groups in total. The first-order chi connectivity index (χ1) is 7.74. The number of piperidine rings is 1. The van der Waals surface area contributed by atoms with Gasteiger partial charge in [-0.05, 0) is 55.3 Å². The van der Waals surface area contributed by atoms with E-state index in [1.807, 2.05) is 6.07 Å². The maximum absolute atomic E-state index is 11.4. The van der Waals surface area contributed by atoms with E-state index < -0.39 is 0 Å². The minimum Gasteiger partial charge on any atom is -0.316 e. The van der Waals surface area contributed by atoms with E-state index in [1.54, 1.807) is 6.92 Å². The summed E-state index contributed by atoms with van der Waals surface area (Å²) < 4.78 is 0. The maximum atomic E-state index is 11.4. The molecule has 3 rings (SSSR count). The fourth-order valence-electron chi connectivity index (χ4n) is 3.11. The van der Waals surface area contributed by atoms with Gasteiger partial charge in [-0.15, -0.1) is 0 Å². The molecule has 0 saturated carbocycles. The summed E-state index contributed by atoms with van der Waals surface area (Å²) in [6.45, 7) is 3.88. The van der Waals surface area contributed by atoms with Crippen LogP contribution in [0.15, 0.2) is 18.2 Å². The van der Waals surface area contributed by atoms with Crippen LogP contribution in [-0.2, 0) is 6.42 Å². The highest BCUT2D eigenvalue weighted by molar-refractivity contribution is 5.94. The largest absolute Gasteiger partial charge is 0.316 e. The molecule has 1 aromatic carbocycles. The Kier molecular flexibility index (Phi) is 2.32. The van der Waals surface area contributed by atoms with E-state index in [0.29, 0.717) is 5.92 Å². The van der Waals surface area contributed by atoms with Gasteiger partial charge in [-0.3, -0.25) is 4.79 Å². The second kappa shape index (κ2) is 3.70. The Morgan fingerprint density at radius 2 is 2.25 bits per heavy atom. The predicted molar refractivity (Wildman–Crippen MR) is 63.9 cm³/mol. The highest BCUT2D eigenvalue weighted by Gasteiger charge is 2.30. The molecule has 0 radical (unpaired) electrons. The second-order valence-corrected chi connectivity index (χ2v) is 5.13. The molecular weight excluding hydrogens is 198 g/mol. The summed E-state index contributed by atoms with van der Waals surface area (Å²) in [5, 5.41) is 3.49. The number of nitrogens with one attached hydrogen (secondary N) is 1. The number of Topliss-reactive ketones (excluding diaryl/α,β-unsaturated/α-hetero) is 1. The number of hydrogen-bond donors (Lipinski definition) is 1. The summed E-state index contributed by atoms with van der Waals surface area (Å²) >= 11 is 0. The number of benzene rings is 1. The lowest BCUT2D eigenvalue weighted by Crippen LogP contribution is -2.39. The molecule has 1 heterocycles. The molecule has 2 nitrogen and oxygen atoms in total. The monoisotopic (exact) mass is 215 g/mol. The van der Waals surface area contributed by atoms with Gasteiger partial charge in [0.15, 0.2) is 5.78 Å². The van der Waals surface area contributed by atoms with Gasteiger partial charge >= 0.3 is 0 Å². The Labute approximate surface area is 96.1 Å². The van der Waals surface area contributed by atoms with E-state index in [0.717, 1.165) is 24.6 Å². The van der Waals surface area contributed by atoms with Gasteiger partial charge in [-0.2, -0.15) is 0 Å². The minimum absolute atomic E-state index is 0.175. The molecule has 2 heteroatoms. The van der Waals surface area contributed by atoms with Gasteiger partial charge in [0.1, 0.15) is 0 Å². The molecule has 2 bridgehead atoms. The Hall–Kier alpha value is -1.15. The SMILES string of the molecule is CC(=O)c1ccc2c(c1)C1CNCC(C2)C1. The van der Waals surface area contributed by atoms with Crippen LogP contribution < -0.4 is 5.32 Å². The van der Waals surface area contributed by atoms with E-state index in [-0.39, 0.29) is 5.78 Å². The average molecular weight is 215 g/mol. The van der Waals surface area contributed by atoms with Crippen molar-refractivity contribution < 1.29 is 4.79 Å². The molecular formula is C14H17NO. The summed E-state index contributed by atoms with van der Waals surface area (Å²) in [4.78, 5) is 11.4. The van der Waals surface area contributed by atoms with E-state index in [9.17, 15) is 4.79 Å². The van der Waals surface area contributed by atoms with E-state index >= 15 is 0 Å². The molecule has 0 spiro atoms. The first-order valence-corrected chi connectivity index (χ1v) is 6.08. The van der Waals surface area contributed by atoms with Crippen molar-refractivity contribution in [3.63, 3.8) is 0 Å². The van der Waals surface area contributed by atoms with Crippen LogP contribution in [0, 0.1) is 5.92 Å². The molecule has 16 heavy (non-hydrogen) atoms. The topological polar surface area (TPSA) is 29.1 Å². The van der Waals surface area contributed by atoms with E-state index in [2.05, 4.69) is 17.4 Å². The molecule has 2 atom stereocenters. The van der Waals surface area contributed by atoms with Gasteiger partial charge in [0.2, 0.25) is 0 Å². The van der Waals surface area contributed by atoms with Crippen LogP contribution in [-0.4, -0.2) is 18.9 Å². The fraction of sp³-hybridized carbons (Fsp3) is 0.500. The molecule has 1 aliphatic heterocycles. The standard InChI is InChI=1S/C14H17NO/c1-9(16)11-2-3-12-4-10-5-13(8-15-7-10)14(12)6-11/h2-3,6,10,13,15H,4-5,7-8H2,1H3. The van der Waals surface area contributed by atoms with Gasteiger partial charge in [0, 0.05) is 12.1 Å². The second-order valence-electron chi connectivity index (χ2n) is 5.13. The van der Waals surface area contributed by atoms with Crippen molar-refractivity contribution in [1.82, 2.24) is 5.32 Å². The lowest BCUT2D eigenvalue weighted by Gasteiger charge is -2.36. The Balaban J connectivity index is 2.04. The smallest absolute Gasteiger partial charge is 0.159 e. The normalized spacial score (nSPS) is 27.3. The summed E-state index contributed by atoms with van der Waals surface area (Å²) in [6.07, 6.45) is 2.47. The van der Waals surface area contributed by atoms with Crippen molar-refractivity contribution in [1.29, 1.82) is 0 Å². The van der Waals surface area contributed by atoms with Crippen LogP contribution in [0.5, 0.6) is 0 Å². The molecule has 1 aromatic rings. The van der Waals surface area contributed by atoms with Crippen molar-refractivity contribution in [3.05, 3.63) is 34.9 Å². The molecule has 1 fully saturated rings. The zero-order valence-corrected chi connectivity index (χ0v) is 9.62. The van der Waals surface area contributed by atoms with Crippen LogP contribution in [0.25, 0.3) is 0 Å². The lowest BCUT2D eigenvalue weighted by molar-refractivity contribution is 0.101. The molecule has 2 aliphatic rings. The van der Waals surface area contributed by atoms with Gasteiger partial charge < -0.3 is 5.32 Å². The highest BCUT2D eigenvalue weighted by atomic mass is 16.1. The first kappa shape index (κ1) is 10.0. The van der Waals surface area contributed by atoms with Gasteiger partial charge in [-0.25, -0.2) is 0 Å². The molecule has 1 saturated heterocycles. The Bertz CT molecular complexity index is 438. The zero-order valence-electron chi connectivity index (χ0n) is 9.62. The van der Waals surface area contributed by atoms with Crippen LogP contribution in [0.4, 0.5) is 0 Å². The summed E-state index contributed by atoms with van der Waals surface area (Å²) in [5.74, 6) is 1.60. The summed E-state index contributed by atoms with van der Waals surface area (Å²) in [7, 11) is 0. The van der Waals surface area contributed by atoms with Gasteiger partial charge in [-0.1, -0.05) is 12.1 Å². The molecule has 0 aromatic heterocycles. The van der Waals surface area contributed by atoms with Crippen LogP contribution in [0.3, 0.4) is 0 Å². The number of fused-ring (bicyclic) bond motifs is 4. The first-order valence-electron chi connectivity index (χ1n) is 6.08. The Morgan fingerprint density at radius 3 is 3.06 bits per heavy atom. The highest BCUT2D eigenvalue weighted by Crippen LogP contribution is 2.37. The minimum atomic E-state index is 0.175. The molecule has 0 amide bonds. The quantitative estimate of drug-likeness (QED) is 0.727. The third kappa shape index (κ3) is 1.57. The van der Waals surface area contributed by atoms with Crippen molar-refractivity contribution in [2.24, 2.45) is 5.92 Å². The average Bonchev–Trinajstić information content (AvgIpc) is 2.29. The molecule has 1 aliphatic carbocycles. The van der Waals surface area contributed by atoms with E-state index in [4.69, 9.17) is 0 Å². The van der Waals surface area contributed by atoms with E-state index in [1.165, 1.54) is 24.0 Å². The molecule has 84 valence electrons. The number of carbonyl (C=O) groups is 1. The van der Waals surface area contributed by atoms with Gasteiger partial charge in [0.05, 0.1) is 0 Å². The lowest BCUT2D eigenvalue weighted by atomic mass is 9.74. The number of carbonyl (C=O) groups excluding carboxylic acids is 1. The number of hydrogen-bond acceptors (Lipinski definition) is 2. The number of ketones is 1. The third-order valence-corrected chi connectivity index (χ3v) is 3.94.